The topological polar surface area (TPSA) is 74.6 Å². The Bertz CT molecular complexity index is 317. The monoisotopic (exact) mass is 240 g/mol. The van der Waals surface area contributed by atoms with Crippen LogP contribution < -0.4 is 0 Å². The van der Waals surface area contributed by atoms with Gasteiger partial charge in [-0.3, -0.25) is 9.59 Å². The van der Waals surface area contributed by atoms with Gasteiger partial charge in [0.15, 0.2) is 0 Å². The van der Waals surface area contributed by atoms with Crippen LogP contribution in [0, 0.1) is 17.3 Å². The van der Waals surface area contributed by atoms with E-state index in [1.165, 1.54) is 0 Å². The first-order valence-electron chi connectivity index (χ1n) is 6.51. The average molecular weight is 240 g/mol. The van der Waals surface area contributed by atoms with Crippen LogP contribution in [0.25, 0.3) is 0 Å². The molecule has 2 saturated carbocycles. The molecule has 0 aromatic carbocycles. The van der Waals surface area contributed by atoms with Gasteiger partial charge in [-0.15, -0.1) is 0 Å². The van der Waals surface area contributed by atoms with Gasteiger partial charge >= 0.3 is 11.9 Å². The second kappa shape index (κ2) is 4.67. The Kier molecular flexibility index (Phi) is 3.40. The number of carboxylic acids is 2. The van der Waals surface area contributed by atoms with Crippen LogP contribution in [0.2, 0.25) is 0 Å². The van der Waals surface area contributed by atoms with Gasteiger partial charge in [-0.1, -0.05) is 19.3 Å². The number of rotatable bonds is 2. The van der Waals surface area contributed by atoms with Gasteiger partial charge in [0.05, 0.1) is 11.8 Å². The summed E-state index contributed by atoms with van der Waals surface area (Å²) in [5.74, 6) is -2.13. The van der Waals surface area contributed by atoms with Crippen molar-refractivity contribution in [2.45, 2.75) is 51.4 Å². The molecule has 0 radical (unpaired) electrons. The predicted molar refractivity (Wildman–Crippen MR) is 61.6 cm³/mol. The van der Waals surface area contributed by atoms with E-state index in [2.05, 4.69) is 0 Å². The molecule has 2 atom stereocenters. The Morgan fingerprint density at radius 1 is 0.941 bits per heavy atom. The molecule has 4 heteroatoms. The summed E-state index contributed by atoms with van der Waals surface area (Å²) >= 11 is 0. The van der Waals surface area contributed by atoms with E-state index in [4.69, 9.17) is 5.11 Å². The standard InChI is InChI=1S/C13H20O4/c14-11(15)9-4-5-10(12(16)17)13(8-9)6-2-1-3-7-13/h9-10H,1-8H2,(H,14,15)(H,16,17). The van der Waals surface area contributed by atoms with Crippen molar-refractivity contribution >= 4 is 11.9 Å². The van der Waals surface area contributed by atoms with Crippen LogP contribution >= 0.6 is 0 Å². The molecule has 2 unspecified atom stereocenters. The van der Waals surface area contributed by atoms with Gasteiger partial charge in [0.25, 0.3) is 0 Å². The summed E-state index contributed by atoms with van der Waals surface area (Å²) in [4.78, 5) is 22.5. The maximum atomic E-state index is 11.4. The number of hydrogen-bond acceptors (Lipinski definition) is 2. The van der Waals surface area contributed by atoms with Crippen molar-refractivity contribution in [3.63, 3.8) is 0 Å². The highest BCUT2D eigenvalue weighted by Crippen LogP contribution is 2.52. The second-order valence-electron chi connectivity index (χ2n) is 5.63. The lowest BCUT2D eigenvalue weighted by Gasteiger charge is -2.46. The van der Waals surface area contributed by atoms with Crippen LogP contribution in [0.1, 0.15) is 51.4 Å². The Morgan fingerprint density at radius 2 is 1.59 bits per heavy atom. The van der Waals surface area contributed by atoms with E-state index < -0.39 is 11.9 Å². The Labute approximate surface area is 101 Å². The van der Waals surface area contributed by atoms with Gasteiger partial charge in [0.2, 0.25) is 0 Å². The first-order chi connectivity index (χ1) is 8.05. The van der Waals surface area contributed by atoms with Gasteiger partial charge < -0.3 is 10.2 Å². The molecular weight excluding hydrogens is 220 g/mol. The van der Waals surface area contributed by atoms with E-state index in [0.717, 1.165) is 32.1 Å². The highest BCUT2D eigenvalue weighted by molar-refractivity contribution is 5.74. The zero-order valence-corrected chi connectivity index (χ0v) is 10.0. The van der Waals surface area contributed by atoms with Crippen molar-refractivity contribution in [3.05, 3.63) is 0 Å². The molecule has 2 rings (SSSR count). The third-order valence-corrected chi connectivity index (χ3v) is 4.69. The highest BCUT2D eigenvalue weighted by Gasteiger charge is 2.49. The molecule has 2 aliphatic carbocycles. The van der Waals surface area contributed by atoms with E-state index in [-0.39, 0.29) is 17.3 Å². The molecule has 4 nitrogen and oxygen atoms in total. The lowest BCUT2D eigenvalue weighted by molar-refractivity contribution is -0.157. The van der Waals surface area contributed by atoms with Crippen LogP contribution in [0.15, 0.2) is 0 Å². The minimum absolute atomic E-state index is 0.231. The fraction of sp³-hybridized carbons (Fsp3) is 0.846. The van der Waals surface area contributed by atoms with Gasteiger partial charge in [-0.25, -0.2) is 0 Å². The van der Waals surface area contributed by atoms with Crippen LogP contribution in [0.3, 0.4) is 0 Å². The molecule has 0 bridgehead atoms. The minimum atomic E-state index is -0.751. The second-order valence-corrected chi connectivity index (χ2v) is 5.63. The Balaban J connectivity index is 2.20. The molecule has 2 N–H and O–H groups in total. The molecule has 0 aliphatic heterocycles. The van der Waals surface area contributed by atoms with E-state index in [1.807, 2.05) is 0 Å². The quantitative estimate of drug-likeness (QED) is 0.777. The molecular formula is C13H20O4. The summed E-state index contributed by atoms with van der Waals surface area (Å²) in [7, 11) is 0. The van der Waals surface area contributed by atoms with Crippen molar-refractivity contribution in [2.75, 3.05) is 0 Å². The SMILES string of the molecule is O=C(O)C1CCC(C(=O)O)C2(CCCCC2)C1. The first kappa shape index (κ1) is 12.4. The maximum absolute atomic E-state index is 11.4. The zero-order chi connectivity index (χ0) is 12.5. The van der Waals surface area contributed by atoms with Crippen molar-refractivity contribution in [3.8, 4) is 0 Å². The molecule has 0 heterocycles. The number of hydrogen-bond donors (Lipinski definition) is 2. The van der Waals surface area contributed by atoms with Crippen LogP contribution in [0.5, 0.6) is 0 Å². The van der Waals surface area contributed by atoms with E-state index >= 15 is 0 Å². The van der Waals surface area contributed by atoms with Crippen molar-refractivity contribution in [1.82, 2.24) is 0 Å². The van der Waals surface area contributed by atoms with Crippen molar-refractivity contribution in [2.24, 2.45) is 17.3 Å². The summed E-state index contributed by atoms with van der Waals surface area (Å²) in [5.41, 5.74) is -0.231. The van der Waals surface area contributed by atoms with Gasteiger partial charge in [0.1, 0.15) is 0 Å². The zero-order valence-electron chi connectivity index (χ0n) is 10.0. The molecule has 0 amide bonds. The summed E-state index contributed by atoms with van der Waals surface area (Å²) in [6.07, 6.45) is 6.68. The number of aliphatic carboxylic acids is 2. The van der Waals surface area contributed by atoms with Crippen LogP contribution in [0.4, 0.5) is 0 Å². The third-order valence-electron chi connectivity index (χ3n) is 4.69. The first-order valence-corrected chi connectivity index (χ1v) is 6.51. The normalized spacial score (nSPS) is 32.2. The van der Waals surface area contributed by atoms with Crippen LogP contribution in [-0.4, -0.2) is 22.2 Å². The molecule has 0 aromatic heterocycles. The molecule has 0 aromatic rings. The molecule has 96 valence electrons. The van der Waals surface area contributed by atoms with Gasteiger partial charge in [0, 0.05) is 0 Å². The fourth-order valence-corrected chi connectivity index (χ4v) is 3.81. The fourth-order valence-electron chi connectivity index (χ4n) is 3.81. The van der Waals surface area contributed by atoms with Crippen molar-refractivity contribution < 1.29 is 19.8 Å². The minimum Gasteiger partial charge on any atom is -0.481 e. The summed E-state index contributed by atoms with van der Waals surface area (Å²) in [6, 6.07) is 0. The molecule has 17 heavy (non-hydrogen) atoms. The largest absolute Gasteiger partial charge is 0.481 e. The van der Waals surface area contributed by atoms with E-state index in [1.54, 1.807) is 0 Å². The van der Waals surface area contributed by atoms with Gasteiger partial charge in [-0.2, -0.15) is 0 Å². The lowest BCUT2D eigenvalue weighted by atomic mass is 9.57. The molecule has 1 spiro atoms. The predicted octanol–water partition coefficient (Wildman–Crippen LogP) is 2.52. The molecule has 0 saturated heterocycles. The van der Waals surface area contributed by atoms with Gasteiger partial charge in [-0.05, 0) is 37.5 Å². The van der Waals surface area contributed by atoms with Crippen molar-refractivity contribution in [1.29, 1.82) is 0 Å². The smallest absolute Gasteiger partial charge is 0.307 e. The van der Waals surface area contributed by atoms with E-state index in [0.29, 0.717) is 19.3 Å². The highest BCUT2D eigenvalue weighted by atomic mass is 16.4. The number of carbonyl (C=O) groups is 2. The third kappa shape index (κ3) is 2.31. The molecule has 2 aliphatic rings. The lowest BCUT2D eigenvalue weighted by Crippen LogP contribution is -2.44. The summed E-state index contributed by atoms with van der Waals surface area (Å²) in [5, 5.41) is 18.5. The summed E-state index contributed by atoms with van der Waals surface area (Å²) < 4.78 is 0. The van der Waals surface area contributed by atoms with E-state index in [9.17, 15) is 14.7 Å². The average Bonchev–Trinajstić information content (AvgIpc) is 2.29. The summed E-state index contributed by atoms with van der Waals surface area (Å²) in [6.45, 7) is 0. The maximum Gasteiger partial charge on any atom is 0.307 e. The Hall–Kier alpha value is -1.06. The van der Waals surface area contributed by atoms with Crippen LogP contribution in [-0.2, 0) is 9.59 Å². The number of carboxylic acid groups (broad SMARTS) is 2. The Morgan fingerprint density at radius 3 is 2.12 bits per heavy atom. The molecule has 2 fully saturated rings.